The Morgan fingerprint density at radius 2 is 0.607 bits per heavy atom. The third-order valence-corrected chi connectivity index (χ3v) is 3.63. The summed E-state index contributed by atoms with van der Waals surface area (Å²) < 4.78 is 0. The topological polar surface area (TPSA) is 253 Å². The van der Waals surface area contributed by atoms with Gasteiger partial charge in [0.2, 0.25) is 0 Å². The molecule has 0 aromatic heterocycles. The van der Waals surface area contributed by atoms with Gasteiger partial charge in [0.1, 0.15) is 24.2 Å². The van der Waals surface area contributed by atoms with E-state index in [1.807, 2.05) is 0 Å². The first-order valence-electron chi connectivity index (χ1n) is 7.10. The first-order valence-corrected chi connectivity index (χ1v) is 9.63. The molecule has 28 heavy (non-hydrogen) atoms. The van der Waals surface area contributed by atoms with Gasteiger partial charge in [-0.1, -0.05) is 0 Å². The Labute approximate surface area is 184 Å². The molecule has 0 fully saturated rings. The Morgan fingerprint density at radius 1 is 0.500 bits per heavy atom. The van der Waals surface area contributed by atoms with Crippen molar-refractivity contribution < 1.29 is 39.6 Å². The predicted octanol–water partition coefficient (Wildman–Crippen LogP) is -2.69. The molecule has 168 valence electrons. The predicted molar refractivity (Wildman–Crippen MR) is 118 cm³/mol. The summed E-state index contributed by atoms with van der Waals surface area (Å²) in [5.74, 6) is -3.26. The fourth-order valence-corrected chi connectivity index (χ4v) is 0.937. The lowest BCUT2D eigenvalue weighted by Gasteiger charge is -1.96. The van der Waals surface area contributed by atoms with Crippen LogP contribution in [0.4, 0.5) is 0 Å². The lowest BCUT2D eigenvalue weighted by Crippen LogP contribution is -2.31. The average Bonchev–Trinajstić information content (AvgIpc) is 2.66. The van der Waals surface area contributed by atoms with E-state index in [2.05, 4.69) is 50.5 Å². The summed E-state index contributed by atoms with van der Waals surface area (Å²) in [7, 11) is 0. The second-order valence-electron chi connectivity index (χ2n) is 4.51. The number of hydrogen-bond donors (Lipinski definition) is 12. The van der Waals surface area contributed by atoms with Gasteiger partial charge in [-0.05, 0) is 0 Å². The van der Waals surface area contributed by atoms with Crippen LogP contribution in [-0.2, 0) is 19.2 Å². The lowest BCUT2D eigenvalue weighted by molar-refractivity contribution is -0.138. The number of aliphatic carboxylic acids is 4. The highest BCUT2D eigenvalue weighted by atomic mass is 32.1. The molecule has 0 heterocycles. The maximum atomic E-state index is 9.76. The molecule has 0 bridgehead atoms. The number of carboxylic acids is 4. The van der Waals surface area contributed by atoms with Crippen LogP contribution in [0.25, 0.3) is 0 Å². The molecule has 0 saturated carbocycles. The molecule has 0 spiro atoms. The van der Waals surface area contributed by atoms with Gasteiger partial charge in [-0.3, -0.25) is 19.2 Å². The average molecular weight is 485 g/mol. The Morgan fingerprint density at radius 3 is 0.607 bits per heavy atom. The molecule has 0 saturated heterocycles. The minimum atomic E-state index is -1.00. The van der Waals surface area contributed by atoms with Crippen LogP contribution in [0.15, 0.2) is 0 Å². The van der Waals surface area contributed by atoms with Crippen LogP contribution in [0.1, 0.15) is 0 Å². The van der Waals surface area contributed by atoms with Gasteiger partial charge >= 0.3 is 23.9 Å². The van der Waals surface area contributed by atoms with Crippen LogP contribution in [-0.4, -0.2) is 91.5 Å². The van der Waals surface area contributed by atoms with E-state index < -0.39 is 48.0 Å². The maximum absolute atomic E-state index is 9.76. The van der Waals surface area contributed by atoms with Gasteiger partial charge in [-0.25, -0.2) is 0 Å². The third-order valence-electron chi connectivity index (χ3n) is 2.06. The van der Waals surface area contributed by atoms with Crippen molar-refractivity contribution in [3.63, 3.8) is 0 Å². The maximum Gasteiger partial charge on any atom is 0.321 e. The summed E-state index contributed by atoms with van der Waals surface area (Å²) in [5.41, 5.74) is 19.8. The van der Waals surface area contributed by atoms with Crippen molar-refractivity contribution in [2.45, 2.75) is 24.2 Å². The number of hydrogen-bond acceptors (Lipinski definition) is 12. The lowest BCUT2D eigenvalue weighted by atomic mass is 10.4. The van der Waals surface area contributed by atoms with E-state index in [0.29, 0.717) is 0 Å². The molecule has 12 N–H and O–H groups in total. The van der Waals surface area contributed by atoms with Gasteiger partial charge in [0.25, 0.3) is 0 Å². The Bertz CT molecular complexity index is 381. The second-order valence-corrected chi connectivity index (χ2v) is 5.97. The molecule has 0 radical (unpaired) electrons. The van der Waals surface area contributed by atoms with Crippen LogP contribution < -0.4 is 22.9 Å². The highest BCUT2D eigenvalue weighted by molar-refractivity contribution is 7.80. The smallest absolute Gasteiger partial charge is 0.321 e. The molecule has 0 unspecified atom stereocenters. The quantitative estimate of drug-likeness (QED) is 0.157. The summed E-state index contributed by atoms with van der Waals surface area (Å²) in [6.45, 7) is 0. The highest BCUT2D eigenvalue weighted by Crippen LogP contribution is 1.81. The first-order chi connectivity index (χ1) is 12.7. The largest absolute Gasteiger partial charge is 0.480 e. The fraction of sp³-hybridized carbons (Fsp3) is 0.667. The number of thiol groups is 4. The molecule has 0 aromatic carbocycles. The van der Waals surface area contributed by atoms with Crippen molar-refractivity contribution in [2.24, 2.45) is 22.9 Å². The molecule has 4 atom stereocenters. The third kappa shape index (κ3) is 27.3. The van der Waals surface area contributed by atoms with E-state index in [-0.39, 0.29) is 23.0 Å². The van der Waals surface area contributed by atoms with Gasteiger partial charge < -0.3 is 43.4 Å². The van der Waals surface area contributed by atoms with Gasteiger partial charge in [0.05, 0.1) is 0 Å². The minimum Gasteiger partial charge on any atom is -0.480 e. The van der Waals surface area contributed by atoms with Crippen LogP contribution in [0.2, 0.25) is 0 Å². The monoisotopic (exact) mass is 484 g/mol. The van der Waals surface area contributed by atoms with E-state index in [1.165, 1.54) is 0 Å². The number of nitrogens with two attached hydrogens (primary N) is 4. The zero-order valence-corrected chi connectivity index (χ0v) is 18.2. The SMILES string of the molecule is N[C@@H](CS)C(=O)O.N[C@@H](CS)C(=O)O.N[C@@H](CS)C(=O)O.N[C@@H](CS)C(=O)O. The normalized spacial score (nSPS) is 13.4. The standard InChI is InChI=1S/4C3H7NO2S/c4*4-2(1-7)3(5)6/h4*2,7H,1,4H2,(H,5,6)/t4*2-/m0000/s1. The molecule has 16 heteroatoms. The molecule has 12 nitrogen and oxygen atoms in total. The van der Waals surface area contributed by atoms with E-state index in [9.17, 15) is 19.2 Å². The van der Waals surface area contributed by atoms with Crippen LogP contribution in [0.3, 0.4) is 0 Å². The van der Waals surface area contributed by atoms with Crippen molar-refractivity contribution in [3.8, 4) is 0 Å². The first kappa shape index (κ1) is 34.6. The summed E-state index contributed by atoms with van der Waals surface area (Å²) in [6.07, 6.45) is 0. The molecule has 0 amide bonds. The summed E-state index contributed by atoms with van der Waals surface area (Å²) >= 11 is 14.6. The minimum absolute atomic E-state index is 0.190. The Hall–Kier alpha value is -0.880. The van der Waals surface area contributed by atoms with Gasteiger partial charge in [-0.15, -0.1) is 0 Å². The van der Waals surface area contributed by atoms with Crippen LogP contribution in [0, 0.1) is 0 Å². The van der Waals surface area contributed by atoms with Crippen LogP contribution >= 0.6 is 50.5 Å². The van der Waals surface area contributed by atoms with Crippen molar-refractivity contribution >= 4 is 74.4 Å². The zero-order chi connectivity index (χ0) is 23.4. The molecule has 0 rings (SSSR count). The van der Waals surface area contributed by atoms with Crippen molar-refractivity contribution in [1.82, 2.24) is 0 Å². The molecule has 0 aliphatic rings. The highest BCUT2D eigenvalue weighted by Gasteiger charge is 2.07. The van der Waals surface area contributed by atoms with E-state index in [1.54, 1.807) is 0 Å². The zero-order valence-electron chi connectivity index (χ0n) is 14.7. The summed E-state index contributed by atoms with van der Waals surface area (Å²) in [6, 6.07) is -3.27. The van der Waals surface area contributed by atoms with E-state index >= 15 is 0 Å². The van der Waals surface area contributed by atoms with Gasteiger partial charge in [-0.2, -0.15) is 50.5 Å². The van der Waals surface area contributed by atoms with Gasteiger partial charge in [0, 0.05) is 23.0 Å². The summed E-state index contributed by atoms with van der Waals surface area (Å²) in [4.78, 5) is 39.0. The van der Waals surface area contributed by atoms with Crippen molar-refractivity contribution in [2.75, 3.05) is 23.0 Å². The molecule has 0 aliphatic heterocycles. The van der Waals surface area contributed by atoms with Crippen LogP contribution in [0.5, 0.6) is 0 Å². The molecular formula is C12H28N4O8S4. The van der Waals surface area contributed by atoms with E-state index in [4.69, 9.17) is 43.4 Å². The molecule has 0 aromatic rings. The number of carboxylic acid groups (broad SMARTS) is 4. The Balaban J connectivity index is -0.000000137. The second kappa shape index (κ2) is 22.4. The van der Waals surface area contributed by atoms with Crippen molar-refractivity contribution in [3.05, 3.63) is 0 Å². The van der Waals surface area contributed by atoms with Crippen molar-refractivity contribution in [1.29, 1.82) is 0 Å². The van der Waals surface area contributed by atoms with Gasteiger partial charge in [0.15, 0.2) is 0 Å². The number of rotatable bonds is 8. The Kier molecular flexibility index (Phi) is 27.7. The summed E-state index contributed by atoms with van der Waals surface area (Å²) in [5, 5.41) is 32.0. The molecular weight excluding hydrogens is 456 g/mol. The number of carbonyl (C=O) groups is 4. The fourth-order valence-electron chi connectivity index (χ4n) is 0.312. The molecule has 0 aliphatic carbocycles. The van der Waals surface area contributed by atoms with E-state index in [0.717, 1.165) is 0 Å².